The van der Waals surface area contributed by atoms with E-state index in [2.05, 4.69) is 137 Å². The molecule has 4 heteroatoms. The van der Waals surface area contributed by atoms with Gasteiger partial charge in [0.1, 0.15) is 0 Å². The number of hydrogen-bond acceptors (Lipinski definition) is 0. The van der Waals surface area contributed by atoms with Gasteiger partial charge in [-0.3, -0.25) is 0 Å². The van der Waals surface area contributed by atoms with E-state index < -0.39 is 0 Å². The molecule has 4 aliphatic rings. The van der Waals surface area contributed by atoms with Crippen LogP contribution in [0.2, 0.25) is 12.6 Å². The number of rotatable bonds is 10. The van der Waals surface area contributed by atoms with Crippen LogP contribution in [-0.4, -0.2) is 5.43 Å². The molecule has 0 nitrogen and oxygen atoms in total. The van der Waals surface area contributed by atoms with Crippen molar-refractivity contribution in [2.24, 2.45) is 22.7 Å². The summed E-state index contributed by atoms with van der Waals surface area (Å²) in [5, 5.41) is 5.70. The average molecular weight is 903 g/mol. The van der Waals surface area contributed by atoms with Crippen molar-refractivity contribution in [3.05, 3.63) is 131 Å². The fourth-order valence-electron chi connectivity index (χ4n) is 11.5. The van der Waals surface area contributed by atoms with Crippen molar-refractivity contribution in [1.82, 2.24) is 0 Å². The van der Waals surface area contributed by atoms with E-state index in [0.29, 0.717) is 10.8 Å². The fourth-order valence-corrected chi connectivity index (χ4v) is 14.1. The van der Waals surface area contributed by atoms with E-state index >= 15 is 0 Å². The van der Waals surface area contributed by atoms with Crippen molar-refractivity contribution < 1.29 is 48.1 Å². The molecule has 4 saturated carbocycles. The first-order valence-corrected chi connectivity index (χ1v) is 28.3. The Kier molecular flexibility index (Phi) is 15.7. The average Bonchev–Trinajstić information content (AvgIpc) is 4.09. The summed E-state index contributed by atoms with van der Waals surface area (Å²) in [6, 6.07) is 43.2. The van der Waals surface area contributed by atoms with Crippen LogP contribution < -0.4 is 24.8 Å². The van der Waals surface area contributed by atoms with E-state index in [1.54, 1.807) is 34.5 Å². The first-order chi connectivity index (χ1) is 27.3. The third-order valence-electron chi connectivity index (χ3n) is 14.5. The zero-order chi connectivity index (χ0) is 38.7. The van der Waals surface area contributed by atoms with Crippen LogP contribution in [0.15, 0.2) is 109 Å². The second-order valence-electron chi connectivity index (χ2n) is 18.6. The van der Waals surface area contributed by atoms with Gasteiger partial charge in [0, 0.05) is 0 Å². The number of benzene rings is 4. The summed E-state index contributed by atoms with van der Waals surface area (Å²) >= 11 is 1.79. The predicted octanol–water partition coefficient (Wildman–Crippen LogP) is 9.39. The third kappa shape index (κ3) is 10.3. The Hall–Kier alpha value is -2.22. The number of hydrogen-bond donors (Lipinski definition) is 0. The molecular formula is C54H64Cl2SiZr-2. The van der Waals surface area contributed by atoms with Crippen molar-refractivity contribution in [3.63, 3.8) is 0 Å². The van der Waals surface area contributed by atoms with Gasteiger partial charge in [-0.05, 0) is 135 Å². The Labute approximate surface area is 378 Å². The molecule has 0 saturated heterocycles. The van der Waals surface area contributed by atoms with Crippen molar-refractivity contribution >= 4 is 27.0 Å². The minimum absolute atomic E-state index is 0. The van der Waals surface area contributed by atoms with E-state index in [-0.39, 0.29) is 30.2 Å². The third-order valence-corrected chi connectivity index (χ3v) is 17.6. The van der Waals surface area contributed by atoms with Gasteiger partial charge >= 0.3 is 54.7 Å². The molecule has 0 amide bonds. The smallest absolute Gasteiger partial charge is 0.0270 e. The van der Waals surface area contributed by atoms with Gasteiger partial charge in [0.05, 0.1) is 0 Å². The van der Waals surface area contributed by atoms with Crippen LogP contribution in [-0.2, 0) is 49.0 Å². The van der Waals surface area contributed by atoms with Gasteiger partial charge in [0.2, 0.25) is 0 Å². The molecule has 0 N–H and O–H groups in total. The van der Waals surface area contributed by atoms with E-state index in [0.717, 1.165) is 24.7 Å². The molecule has 6 aromatic rings. The second-order valence-corrected chi connectivity index (χ2v) is 27.0. The Morgan fingerprint density at radius 3 is 1.28 bits per heavy atom. The second kappa shape index (κ2) is 20.1. The Morgan fingerprint density at radius 1 is 0.586 bits per heavy atom. The van der Waals surface area contributed by atoms with Gasteiger partial charge in [0.15, 0.2) is 0 Å². The summed E-state index contributed by atoms with van der Waals surface area (Å²) in [6.45, 7) is 9.09. The van der Waals surface area contributed by atoms with Crippen LogP contribution in [0.25, 0.3) is 43.8 Å². The fraction of sp³-hybridized carbons (Fsp3) is 0.444. The van der Waals surface area contributed by atoms with E-state index in [4.69, 9.17) is 0 Å². The van der Waals surface area contributed by atoms with Crippen LogP contribution in [0.3, 0.4) is 0 Å². The molecule has 0 unspecified atom stereocenters. The van der Waals surface area contributed by atoms with Crippen LogP contribution >= 0.6 is 0 Å². The topological polar surface area (TPSA) is 0 Å². The van der Waals surface area contributed by atoms with Crippen LogP contribution in [0.1, 0.15) is 114 Å². The molecule has 10 rings (SSSR count). The minimum Gasteiger partial charge on any atom is -1.00 e. The maximum absolute atomic E-state index is 2.48. The molecule has 4 fully saturated rings. The monoisotopic (exact) mass is 900 g/mol. The molecular weight excluding hydrogens is 839 g/mol. The minimum atomic E-state index is 0. The summed E-state index contributed by atoms with van der Waals surface area (Å²) in [5.74, 6) is 2.08. The molecule has 4 bridgehead atoms. The van der Waals surface area contributed by atoms with Crippen molar-refractivity contribution in [3.8, 4) is 22.3 Å². The van der Waals surface area contributed by atoms with Gasteiger partial charge in [0.25, 0.3) is 0 Å². The van der Waals surface area contributed by atoms with Crippen LogP contribution in [0, 0.1) is 22.7 Å². The molecule has 0 atom stereocenters. The quantitative estimate of drug-likeness (QED) is 0.0951. The molecule has 0 spiro atoms. The first kappa shape index (κ1) is 45.3. The van der Waals surface area contributed by atoms with Crippen LogP contribution in [0.5, 0.6) is 0 Å². The molecule has 58 heavy (non-hydrogen) atoms. The summed E-state index contributed by atoms with van der Waals surface area (Å²) in [5.41, 5.74) is 12.9. The van der Waals surface area contributed by atoms with Gasteiger partial charge in [-0.15, -0.1) is 69.1 Å². The Balaban J connectivity index is 0.000000167. The van der Waals surface area contributed by atoms with Gasteiger partial charge in [-0.2, -0.15) is 12.1 Å². The molecule has 0 radical (unpaired) electrons. The Bertz CT molecular complexity index is 2090. The summed E-state index contributed by atoms with van der Waals surface area (Å²) < 4.78 is 0. The normalized spacial score (nSPS) is 22.5. The van der Waals surface area contributed by atoms with E-state index in [1.807, 2.05) is 0 Å². The predicted molar refractivity (Wildman–Crippen MR) is 241 cm³/mol. The standard InChI is InChI=1S/2C25H27.C4H10Si.2ClH.Zr/c2*1-2-18-6-8-21(9-7-18)23-5-3-4-22-14-20(15-24(22)23)17-25-12-10-19(16-25)11-13-25;1-3-4-5-2;;;/h2*3-9,14-15,19H,2,10-13,16-17H2,1H3;3-4H2,1-2H3;2*1H;/q2*-1;;;;+2/p-2. The van der Waals surface area contributed by atoms with Gasteiger partial charge in [-0.25, -0.2) is 0 Å². The largest absolute Gasteiger partial charge is 1.00 e. The summed E-state index contributed by atoms with van der Waals surface area (Å²) in [4.78, 5) is 0. The number of halogens is 2. The van der Waals surface area contributed by atoms with Crippen molar-refractivity contribution in [2.45, 2.75) is 130 Å². The summed E-state index contributed by atoms with van der Waals surface area (Å²) in [7, 11) is 0. The SMILES string of the molecule is CCC[Si](C)=[Zr+2].CCc1ccc(-c2cccc3[cH-]c(CC45CCC(CC4)C5)cc23)cc1.CCc1ccc(-c2cccc3[cH-]c(CC45CCC(CC4)C5)cc23)cc1.[Cl-].[Cl-]. The van der Waals surface area contributed by atoms with Crippen molar-refractivity contribution in [2.75, 3.05) is 0 Å². The van der Waals surface area contributed by atoms with E-state index in [9.17, 15) is 0 Å². The first-order valence-electron chi connectivity index (χ1n) is 22.4. The van der Waals surface area contributed by atoms with Gasteiger partial charge in [-0.1, -0.05) is 85.6 Å². The Morgan fingerprint density at radius 2 is 0.983 bits per heavy atom. The van der Waals surface area contributed by atoms with E-state index in [1.165, 1.54) is 144 Å². The number of fused-ring (bicyclic) bond motifs is 6. The molecule has 0 heterocycles. The zero-order valence-corrected chi connectivity index (χ0v) is 40.6. The maximum Gasteiger partial charge on any atom is -0.0270 e. The van der Waals surface area contributed by atoms with Gasteiger partial charge < -0.3 is 24.8 Å². The number of aryl methyl sites for hydroxylation is 2. The molecule has 0 aliphatic heterocycles. The molecule has 4 aliphatic carbocycles. The maximum atomic E-state index is 2.48. The zero-order valence-electron chi connectivity index (χ0n) is 35.6. The molecule has 304 valence electrons. The van der Waals surface area contributed by atoms with Crippen molar-refractivity contribution in [1.29, 1.82) is 0 Å². The van der Waals surface area contributed by atoms with Crippen LogP contribution in [0.4, 0.5) is 0 Å². The molecule has 6 aromatic carbocycles. The molecule has 0 aromatic heterocycles. The summed E-state index contributed by atoms with van der Waals surface area (Å²) in [6.07, 6.45) is 21.0.